The fraction of sp³-hybridized carbons (Fsp3) is 0.391. The van der Waals surface area contributed by atoms with Crippen molar-refractivity contribution in [1.29, 1.82) is 0 Å². The van der Waals surface area contributed by atoms with Crippen LogP contribution in [0, 0.1) is 0 Å². The van der Waals surface area contributed by atoms with Crippen molar-refractivity contribution in [2.75, 3.05) is 13.1 Å². The molecule has 5 rings (SSSR count). The molecule has 4 heterocycles. The van der Waals surface area contributed by atoms with Crippen LogP contribution in [-0.4, -0.2) is 40.7 Å². The highest BCUT2D eigenvalue weighted by molar-refractivity contribution is 7.80. The molecule has 1 aromatic carbocycles. The molecule has 3 aliphatic heterocycles. The Labute approximate surface area is 181 Å². The summed E-state index contributed by atoms with van der Waals surface area (Å²) in [4.78, 5) is 28.3. The summed E-state index contributed by atoms with van der Waals surface area (Å²) in [5.41, 5.74) is 6.20. The lowest BCUT2D eigenvalue weighted by Crippen LogP contribution is -2.51. The number of amides is 2. The predicted octanol–water partition coefficient (Wildman–Crippen LogP) is 3.12. The van der Waals surface area contributed by atoms with E-state index in [0.717, 1.165) is 31.6 Å². The number of furan rings is 1. The largest absolute Gasteiger partial charge is 0.472 e. The van der Waals surface area contributed by atoms with E-state index in [0.29, 0.717) is 19.4 Å². The first-order chi connectivity index (χ1) is 14.6. The summed E-state index contributed by atoms with van der Waals surface area (Å²) in [6.07, 6.45) is 7.78. The number of imide groups is 1. The van der Waals surface area contributed by atoms with Crippen LogP contribution in [0.1, 0.15) is 46.9 Å². The van der Waals surface area contributed by atoms with Crippen LogP contribution in [-0.2, 0) is 22.7 Å². The molecule has 1 saturated heterocycles. The topological polar surface area (TPSA) is 65.8 Å². The number of piperidine rings is 1. The van der Waals surface area contributed by atoms with Gasteiger partial charge in [0.2, 0.25) is 11.8 Å². The lowest BCUT2D eigenvalue weighted by Gasteiger charge is -2.32. The van der Waals surface area contributed by atoms with Gasteiger partial charge in [-0.05, 0) is 41.2 Å². The number of carbonyl (C=O) groups excluding carboxylic acids is 2. The average molecular weight is 424 g/mol. The zero-order valence-corrected chi connectivity index (χ0v) is 17.6. The number of hydrogen-bond donors (Lipinski definition) is 2. The first-order valence-corrected chi connectivity index (χ1v) is 10.9. The molecule has 0 aliphatic carbocycles. The van der Waals surface area contributed by atoms with Gasteiger partial charge in [-0.2, -0.15) is 12.6 Å². The summed E-state index contributed by atoms with van der Waals surface area (Å²) >= 11 is 4.78. The molecule has 0 radical (unpaired) electrons. The van der Waals surface area contributed by atoms with Crippen LogP contribution in [0.25, 0.3) is 5.57 Å². The maximum Gasteiger partial charge on any atom is 0.243 e. The highest BCUT2D eigenvalue weighted by Gasteiger charge is 2.39. The molecule has 2 aromatic rings. The van der Waals surface area contributed by atoms with Crippen molar-refractivity contribution in [3.8, 4) is 0 Å². The van der Waals surface area contributed by atoms with Gasteiger partial charge in [0, 0.05) is 38.2 Å². The van der Waals surface area contributed by atoms with Crippen molar-refractivity contribution in [3.63, 3.8) is 0 Å². The summed E-state index contributed by atoms with van der Waals surface area (Å²) in [5.74, 6) is -0.385. The van der Waals surface area contributed by atoms with Crippen LogP contribution in [0.2, 0.25) is 0 Å². The number of hydrogen-bond acceptors (Lipinski definition) is 6. The van der Waals surface area contributed by atoms with Gasteiger partial charge in [-0.15, -0.1) is 0 Å². The van der Waals surface area contributed by atoms with E-state index in [2.05, 4.69) is 39.4 Å². The fourth-order valence-corrected chi connectivity index (χ4v) is 5.20. The van der Waals surface area contributed by atoms with Crippen molar-refractivity contribution in [2.24, 2.45) is 0 Å². The van der Waals surface area contributed by atoms with Gasteiger partial charge in [0.25, 0.3) is 0 Å². The van der Waals surface area contributed by atoms with Crippen LogP contribution in [0.5, 0.6) is 0 Å². The molecule has 2 atom stereocenters. The second kappa shape index (κ2) is 8.06. The molecule has 2 amide bonds. The van der Waals surface area contributed by atoms with E-state index >= 15 is 0 Å². The van der Waals surface area contributed by atoms with Crippen LogP contribution in [0.15, 0.2) is 47.3 Å². The summed E-state index contributed by atoms with van der Waals surface area (Å²) in [6, 6.07) is 8.29. The summed E-state index contributed by atoms with van der Waals surface area (Å²) in [5, 5.41) is 2.34. The number of thiol groups is 1. The van der Waals surface area contributed by atoms with Crippen LogP contribution >= 0.6 is 12.6 Å². The van der Waals surface area contributed by atoms with E-state index < -0.39 is 0 Å². The number of benzene rings is 1. The Morgan fingerprint density at radius 2 is 2.10 bits per heavy atom. The zero-order chi connectivity index (χ0) is 20.7. The van der Waals surface area contributed by atoms with Crippen molar-refractivity contribution < 1.29 is 14.0 Å². The third kappa shape index (κ3) is 3.73. The molecule has 3 aliphatic rings. The van der Waals surface area contributed by atoms with Gasteiger partial charge in [-0.1, -0.05) is 24.3 Å². The van der Waals surface area contributed by atoms with Gasteiger partial charge in [0.05, 0.1) is 23.9 Å². The third-order valence-electron chi connectivity index (χ3n) is 6.35. The second-order valence-corrected chi connectivity index (χ2v) is 8.76. The Bertz CT molecular complexity index is 1000. The number of carbonyl (C=O) groups is 2. The molecule has 0 bridgehead atoms. The van der Waals surface area contributed by atoms with Gasteiger partial charge in [-0.25, -0.2) is 0 Å². The molecule has 6 nitrogen and oxygen atoms in total. The molecule has 7 heteroatoms. The Balaban J connectivity index is 1.25. The lowest BCUT2D eigenvalue weighted by atomic mass is 10.0. The Morgan fingerprint density at radius 1 is 1.20 bits per heavy atom. The van der Waals surface area contributed by atoms with E-state index in [1.54, 1.807) is 6.26 Å². The Kier molecular flexibility index (Phi) is 5.26. The van der Waals surface area contributed by atoms with Crippen LogP contribution in [0.4, 0.5) is 0 Å². The number of nitrogens with one attached hydrogen (secondary N) is 1. The molecule has 1 fully saturated rings. The minimum atomic E-state index is -0.297. The van der Waals surface area contributed by atoms with E-state index in [4.69, 9.17) is 17.0 Å². The van der Waals surface area contributed by atoms with Gasteiger partial charge in [-0.3, -0.25) is 24.7 Å². The minimum Gasteiger partial charge on any atom is -0.472 e. The van der Waals surface area contributed by atoms with E-state index in [-0.39, 0.29) is 23.2 Å². The molecular formula is C23H25N3O3S. The van der Waals surface area contributed by atoms with E-state index in [9.17, 15) is 9.59 Å². The zero-order valence-electron chi connectivity index (χ0n) is 16.7. The normalized spacial score (nSPS) is 25.2. The highest BCUT2D eigenvalue weighted by atomic mass is 32.1. The molecule has 156 valence electrons. The summed E-state index contributed by atoms with van der Waals surface area (Å²) in [6.45, 7) is 3.53. The number of fused-ring (bicyclic) bond motifs is 1. The van der Waals surface area contributed by atoms with Gasteiger partial charge in [0.15, 0.2) is 0 Å². The van der Waals surface area contributed by atoms with Gasteiger partial charge >= 0.3 is 0 Å². The SMILES string of the molecule is O=C1CCC(N2Cc3cc(CN4CC=C(c5ccoc5)CC4)ccc3C2S)C(=O)N1. The molecule has 1 aromatic heterocycles. The summed E-state index contributed by atoms with van der Waals surface area (Å²) in [7, 11) is 0. The number of rotatable bonds is 4. The van der Waals surface area contributed by atoms with E-state index in [1.165, 1.54) is 22.3 Å². The summed E-state index contributed by atoms with van der Waals surface area (Å²) < 4.78 is 5.20. The van der Waals surface area contributed by atoms with Crippen molar-refractivity contribution in [3.05, 3.63) is 65.1 Å². The van der Waals surface area contributed by atoms with Crippen LogP contribution < -0.4 is 5.32 Å². The molecule has 0 saturated carbocycles. The van der Waals surface area contributed by atoms with Gasteiger partial charge in [0.1, 0.15) is 0 Å². The van der Waals surface area contributed by atoms with Crippen molar-refractivity contribution >= 4 is 30.0 Å². The van der Waals surface area contributed by atoms with Gasteiger partial charge < -0.3 is 4.42 Å². The van der Waals surface area contributed by atoms with Crippen LogP contribution in [0.3, 0.4) is 0 Å². The predicted molar refractivity (Wildman–Crippen MR) is 116 cm³/mol. The first-order valence-electron chi connectivity index (χ1n) is 10.4. The Morgan fingerprint density at radius 3 is 2.83 bits per heavy atom. The number of nitrogens with zero attached hydrogens (tertiary/aromatic N) is 2. The maximum atomic E-state index is 12.3. The van der Waals surface area contributed by atoms with E-state index in [1.807, 2.05) is 12.3 Å². The highest BCUT2D eigenvalue weighted by Crippen LogP contribution is 2.39. The smallest absolute Gasteiger partial charge is 0.243 e. The lowest BCUT2D eigenvalue weighted by molar-refractivity contribution is -0.137. The first kappa shape index (κ1) is 19.6. The standard InChI is InChI=1S/C23H25N3O3S/c27-21-4-3-20(22(28)24-21)26-13-18-11-15(1-2-19(18)23(26)30)12-25-8-5-16(6-9-25)17-7-10-29-14-17/h1-2,5,7,10-11,14,20,23,30H,3-4,6,8-9,12-13H2,(H,24,27,28). The molecule has 1 N–H and O–H groups in total. The average Bonchev–Trinajstić information content (AvgIpc) is 3.37. The maximum absolute atomic E-state index is 12.3. The molecular weight excluding hydrogens is 398 g/mol. The minimum absolute atomic E-state index is 0.117. The van der Waals surface area contributed by atoms with Crippen molar-refractivity contribution in [2.45, 2.75) is 43.8 Å². The molecule has 30 heavy (non-hydrogen) atoms. The third-order valence-corrected chi connectivity index (χ3v) is 6.93. The fourth-order valence-electron chi connectivity index (χ4n) is 4.71. The quantitative estimate of drug-likeness (QED) is 0.584. The second-order valence-electron chi connectivity index (χ2n) is 8.27. The monoisotopic (exact) mass is 423 g/mol. The Hall–Kier alpha value is -2.35. The van der Waals surface area contributed by atoms with Crippen molar-refractivity contribution in [1.82, 2.24) is 15.1 Å². The molecule has 2 unspecified atom stereocenters. The molecule has 0 spiro atoms.